The number of methoxy groups -OCH3 is 1. The first-order valence-corrected chi connectivity index (χ1v) is 20.1. The molecule has 300 valence electrons. The van der Waals surface area contributed by atoms with Crippen molar-refractivity contribution in [1.29, 1.82) is 0 Å². The van der Waals surface area contributed by atoms with Crippen LogP contribution in [0, 0.1) is 17.3 Å². The summed E-state index contributed by atoms with van der Waals surface area (Å²) in [7, 11) is 3.39. The van der Waals surface area contributed by atoms with Gasteiger partial charge in [-0.2, -0.15) is 4.31 Å². The van der Waals surface area contributed by atoms with Gasteiger partial charge in [-0.1, -0.05) is 32.0 Å². The quantitative estimate of drug-likeness (QED) is 0.320. The number of benzene rings is 1. The van der Waals surface area contributed by atoms with E-state index < -0.39 is 69.4 Å². The Bertz CT molecular complexity index is 1540. The molecule has 1 aromatic carbocycles. The maximum absolute atomic E-state index is 14.4. The van der Waals surface area contributed by atoms with E-state index in [1.165, 1.54) is 18.2 Å². The highest BCUT2D eigenvalue weighted by Gasteiger charge is 2.52. The number of likely N-dealkylation sites (N-methyl/N-ethyl adjacent to an activating group) is 2. The molecule has 0 aromatic heterocycles. The number of esters is 1. The van der Waals surface area contributed by atoms with Crippen LogP contribution in [0.5, 0.6) is 0 Å². The van der Waals surface area contributed by atoms with Crippen LogP contribution in [0.15, 0.2) is 35.2 Å². The molecule has 0 spiro atoms. The molecular formula is C38H62N4O10S. The Labute approximate surface area is 316 Å². The Balaban J connectivity index is 1.63. The Kier molecular flexibility index (Phi) is 14.0. The number of Topliss-reactive ketones (excluding diaryl/α,β-unsaturated/α-hetero) is 1. The van der Waals surface area contributed by atoms with Gasteiger partial charge in [0.05, 0.1) is 22.7 Å². The Morgan fingerprint density at radius 2 is 1.60 bits per heavy atom. The van der Waals surface area contributed by atoms with E-state index >= 15 is 0 Å². The van der Waals surface area contributed by atoms with Gasteiger partial charge >= 0.3 is 5.97 Å². The number of amides is 1. The molecule has 3 aliphatic heterocycles. The standard InChI is InChI=1S/C38H62N4O10S/c1-24-22-38(7,49-11)33(52-35-31(43)29(39(8)9)21-25(2)50-35)26(3)32(44)37(5,6)36(46)51-27(4)30(40(10)23-24)34(45)41-17-19-42(20-18-41)53(47,48)28-15-13-12-14-16-28/h12-16,24-27,29-31,33,35,43H,17-23H2,1-11H3/t24-,25-,26+,27+,29+,30-,31-,33-,35+,38-/m1/s1. The van der Waals surface area contributed by atoms with Crippen LogP contribution in [0.1, 0.15) is 61.3 Å². The topological polar surface area (TPSA) is 155 Å². The van der Waals surface area contributed by atoms with Crippen molar-refractivity contribution >= 4 is 27.7 Å². The van der Waals surface area contributed by atoms with E-state index in [1.807, 2.05) is 44.7 Å². The third-order valence-corrected chi connectivity index (χ3v) is 13.3. The fraction of sp³-hybridized carbons (Fsp3) is 0.763. The van der Waals surface area contributed by atoms with E-state index in [0.29, 0.717) is 19.4 Å². The highest BCUT2D eigenvalue weighted by Crippen LogP contribution is 2.38. The zero-order chi connectivity index (χ0) is 39.6. The minimum atomic E-state index is -3.73. The van der Waals surface area contributed by atoms with Gasteiger partial charge in [-0.05, 0) is 86.7 Å². The highest BCUT2D eigenvalue weighted by molar-refractivity contribution is 7.89. The number of rotatable bonds is 7. The predicted molar refractivity (Wildman–Crippen MR) is 198 cm³/mol. The number of sulfonamides is 1. The van der Waals surface area contributed by atoms with Crippen LogP contribution >= 0.6 is 0 Å². The molecule has 3 saturated heterocycles. The highest BCUT2D eigenvalue weighted by atomic mass is 32.2. The summed E-state index contributed by atoms with van der Waals surface area (Å²) in [5.74, 6) is -2.54. The third-order valence-electron chi connectivity index (χ3n) is 11.4. The minimum absolute atomic E-state index is 0.116. The molecular weight excluding hydrogens is 705 g/mol. The van der Waals surface area contributed by atoms with Crippen molar-refractivity contribution in [2.75, 3.05) is 61.0 Å². The molecule has 3 heterocycles. The van der Waals surface area contributed by atoms with Crippen LogP contribution in [0.2, 0.25) is 0 Å². The van der Waals surface area contributed by atoms with E-state index in [0.717, 1.165) is 0 Å². The second-order valence-electron chi connectivity index (χ2n) is 16.3. The van der Waals surface area contributed by atoms with Crippen molar-refractivity contribution in [2.45, 2.75) is 115 Å². The van der Waals surface area contributed by atoms with Crippen LogP contribution in [0.3, 0.4) is 0 Å². The molecule has 1 N–H and O–H groups in total. The summed E-state index contributed by atoms with van der Waals surface area (Å²) < 4.78 is 52.9. The van der Waals surface area contributed by atoms with E-state index in [9.17, 15) is 27.9 Å². The predicted octanol–water partition coefficient (Wildman–Crippen LogP) is 2.24. The maximum Gasteiger partial charge on any atom is 0.319 e. The molecule has 53 heavy (non-hydrogen) atoms. The average molecular weight is 767 g/mol. The molecule has 14 nitrogen and oxygen atoms in total. The lowest BCUT2D eigenvalue weighted by Gasteiger charge is -2.47. The Morgan fingerprint density at radius 1 is 1.00 bits per heavy atom. The number of cyclic esters (lactones) is 1. The van der Waals surface area contributed by atoms with E-state index in [1.54, 1.807) is 63.2 Å². The van der Waals surface area contributed by atoms with Crippen molar-refractivity contribution in [3.05, 3.63) is 30.3 Å². The van der Waals surface area contributed by atoms with Crippen molar-refractivity contribution in [1.82, 2.24) is 19.0 Å². The lowest BCUT2D eigenvalue weighted by atomic mass is 9.74. The van der Waals surface area contributed by atoms with Gasteiger partial charge in [0.2, 0.25) is 15.9 Å². The summed E-state index contributed by atoms with van der Waals surface area (Å²) in [6.45, 7) is 13.1. The lowest BCUT2D eigenvalue weighted by Crippen LogP contribution is -2.59. The zero-order valence-electron chi connectivity index (χ0n) is 33.4. The monoisotopic (exact) mass is 766 g/mol. The number of aliphatic hydroxyl groups excluding tert-OH is 1. The second-order valence-corrected chi connectivity index (χ2v) is 18.2. The maximum atomic E-state index is 14.4. The van der Waals surface area contributed by atoms with Gasteiger partial charge in [0.25, 0.3) is 0 Å². The van der Waals surface area contributed by atoms with Crippen LogP contribution in [-0.2, 0) is 43.4 Å². The molecule has 0 unspecified atom stereocenters. The summed E-state index contributed by atoms with van der Waals surface area (Å²) in [6.07, 6.45) is -3.19. The van der Waals surface area contributed by atoms with Crippen molar-refractivity contribution < 1.29 is 46.9 Å². The molecule has 0 aliphatic carbocycles. The van der Waals surface area contributed by atoms with Gasteiger partial charge in [0.15, 0.2) is 12.1 Å². The van der Waals surface area contributed by atoms with Gasteiger partial charge < -0.3 is 33.9 Å². The first kappa shape index (κ1) is 43.2. The Hall–Kier alpha value is -2.50. The van der Waals surface area contributed by atoms with Crippen LogP contribution in [-0.4, -0.2) is 160 Å². The molecule has 10 atom stereocenters. The van der Waals surface area contributed by atoms with Crippen molar-refractivity contribution in [3.63, 3.8) is 0 Å². The number of carbonyl (C=O) groups is 3. The number of carbonyl (C=O) groups excluding carboxylic acids is 3. The molecule has 1 aromatic rings. The molecule has 4 rings (SSSR count). The summed E-state index contributed by atoms with van der Waals surface area (Å²) >= 11 is 0. The molecule has 3 fully saturated rings. The molecule has 0 bridgehead atoms. The Morgan fingerprint density at radius 3 is 2.17 bits per heavy atom. The molecule has 0 saturated carbocycles. The minimum Gasteiger partial charge on any atom is -0.460 e. The molecule has 15 heteroatoms. The normalized spacial score (nSPS) is 35.9. The number of ketones is 1. The van der Waals surface area contributed by atoms with Crippen LogP contribution in [0.4, 0.5) is 0 Å². The first-order valence-electron chi connectivity index (χ1n) is 18.7. The summed E-state index contributed by atoms with van der Waals surface area (Å²) in [5.41, 5.74) is -2.73. The fourth-order valence-corrected chi connectivity index (χ4v) is 9.72. The van der Waals surface area contributed by atoms with Crippen LogP contribution in [0.25, 0.3) is 0 Å². The molecule has 0 radical (unpaired) electrons. The average Bonchev–Trinajstić information content (AvgIpc) is 3.10. The van der Waals surface area contributed by atoms with Crippen LogP contribution < -0.4 is 0 Å². The van der Waals surface area contributed by atoms with Gasteiger partial charge in [-0.15, -0.1) is 0 Å². The van der Waals surface area contributed by atoms with E-state index in [4.69, 9.17) is 18.9 Å². The van der Waals surface area contributed by atoms with Crippen molar-refractivity contribution in [3.8, 4) is 0 Å². The van der Waals surface area contributed by atoms with E-state index in [2.05, 4.69) is 0 Å². The van der Waals surface area contributed by atoms with Crippen molar-refractivity contribution in [2.24, 2.45) is 17.3 Å². The second kappa shape index (κ2) is 17.1. The molecule has 1 amide bonds. The SMILES string of the molecule is CO[C@]1(C)C[C@@H](C)CN(C)[C@@H](C(=O)N2CCN(S(=O)(=O)c3ccccc3)CC2)[C@H](C)OC(=O)C(C)(C)C(=O)[C@H](C)[C@H]1O[C@@H]1O[C@H](C)C[C@H](N(C)C)[C@H]1O. The van der Waals surface area contributed by atoms with Gasteiger partial charge in [-0.3, -0.25) is 19.3 Å². The third kappa shape index (κ3) is 9.31. The summed E-state index contributed by atoms with van der Waals surface area (Å²) in [6, 6.07) is 7.04. The number of hydrogen-bond donors (Lipinski definition) is 1. The van der Waals surface area contributed by atoms with Gasteiger partial charge in [0.1, 0.15) is 23.7 Å². The number of aliphatic hydroxyl groups is 1. The number of nitrogens with zero attached hydrogens (tertiary/aromatic N) is 4. The van der Waals surface area contributed by atoms with E-state index in [-0.39, 0.29) is 55.0 Å². The number of ether oxygens (including phenoxy) is 4. The fourth-order valence-electron chi connectivity index (χ4n) is 8.28. The summed E-state index contributed by atoms with van der Waals surface area (Å²) in [5, 5.41) is 11.4. The van der Waals surface area contributed by atoms with Gasteiger partial charge in [0, 0.05) is 51.8 Å². The first-order chi connectivity index (χ1) is 24.6. The number of hydrogen-bond acceptors (Lipinski definition) is 12. The largest absolute Gasteiger partial charge is 0.460 e. The molecule has 3 aliphatic rings. The summed E-state index contributed by atoms with van der Waals surface area (Å²) in [4.78, 5) is 48.3. The lowest BCUT2D eigenvalue weighted by molar-refractivity contribution is -0.295. The zero-order valence-corrected chi connectivity index (χ0v) is 34.2. The van der Waals surface area contributed by atoms with Gasteiger partial charge in [-0.25, -0.2) is 8.42 Å². The number of piperazine rings is 1. The smallest absolute Gasteiger partial charge is 0.319 e.